The summed E-state index contributed by atoms with van der Waals surface area (Å²) in [4.78, 5) is 48.3. The maximum absolute atomic E-state index is 12.5. The molecule has 0 heterocycles. The molecule has 1 rings (SSSR count). The first kappa shape index (κ1) is 31.7. The van der Waals surface area contributed by atoms with E-state index in [0.717, 1.165) is 0 Å². The molecule has 0 aliphatic carbocycles. The fourth-order valence-electron chi connectivity index (χ4n) is 2.71. The second-order valence-corrected chi connectivity index (χ2v) is 8.90. The minimum atomic E-state index is -1.06. The highest BCUT2D eigenvalue weighted by molar-refractivity contribution is 5.76. The van der Waals surface area contributed by atoms with Crippen molar-refractivity contribution in [2.45, 2.75) is 73.0 Å². The van der Waals surface area contributed by atoms with Crippen LogP contribution in [0, 0.1) is 11.8 Å². The predicted octanol–water partition coefficient (Wildman–Crippen LogP) is 4.17. The molecule has 11 heteroatoms. The normalized spacial score (nSPS) is 13.2. The van der Waals surface area contributed by atoms with E-state index in [-0.39, 0.29) is 55.5 Å². The molecule has 0 saturated carbocycles. The Hall–Kier alpha value is -3.34. The highest BCUT2D eigenvalue weighted by Crippen LogP contribution is 2.30. The molecule has 0 bridgehead atoms. The molecule has 0 saturated heterocycles. The standard InChI is InChI=1S/C26H39NO10/c1-7-11-32-25(30)36-21-10-9-19(14-22(21)37-26(31)33-12-8-2)13-20(27)24(29)35-17(5)15-34-23(28)18(6)16(3)4/h9-10,14,16-18,20H,7-8,11-13,15,27H2,1-6H3/t17-,18?,20-/m0/s1. The van der Waals surface area contributed by atoms with Crippen LogP contribution in [0.1, 0.15) is 59.9 Å². The molecule has 0 amide bonds. The van der Waals surface area contributed by atoms with Gasteiger partial charge in [-0.3, -0.25) is 9.59 Å². The fourth-order valence-corrected chi connectivity index (χ4v) is 2.71. The summed E-state index contributed by atoms with van der Waals surface area (Å²) >= 11 is 0. The third-order valence-electron chi connectivity index (χ3n) is 5.15. The predicted molar refractivity (Wildman–Crippen MR) is 133 cm³/mol. The van der Waals surface area contributed by atoms with Crippen LogP contribution in [0.4, 0.5) is 9.59 Å². The van der Waals surface area contributed by atoms with Crippen molar-refractivity contribution in [2.24, 2.45) is 17.6 Å². The molecule has 0 aliphatic heterocycles. The van der Waals surface area contributed by atoms with Crippen LogP contribution in [0.25, 0.3) is 0 Å². The van der Waals surface area contributed by atoms with Gasteiger partial charge in [0.05, 0.1) is 19.1 Å². The van der Waals surface area contributed by atoms with Gasteiger partial charge in [0.1, 0.15) is 18.8 Å². The molecule has 0 radical (unpaired) electrons. The van der Waals surface area contributed by atoms with Crippen molar-refractivity contribution in [3.8, 4) is 11.5 Å². The van der Waals surface area contributed by atoms with Gasteiger partial charge >= 0.3 is 24.2 Å². The lowest BCUT2D eigenvalue weighted by Crippen LogP contribution is -2.37. The molecule has 0 aromatic heterocycles. The quantitative estimate of drug-likeness (QED) is 0.212. The van der Waals surface area contributed by atoms with Gasteiger partial charge in [-0.25, -0.2) is 9.59 Å². The number of ether oxygens (including phenoxy) is 6. The third kappa shape index (κ3) is 12.0. The second-order valence-electron chi connectivity index (χ2n) is 8.90. The Morgan fingerprint density at radius 2 is 1.38 bits per heavy atom. The molecule has 0 spiro atoms. The molecule has 2 N–H and O–H groups in total. The lowest BCUT2D eigenvalue weighted by molar-refractivity contribution is -0.161. The van der Waals surface area contributed by atoms with Crippen LogP contribution < -0.4 is 15.2 Å². The molecule has 11 nitrogen and oxygen atoms in total. The molecule has 37 heavy (non-hydrogen) atoms. The minimum absolute atomic E-state index is 0.0245. The Morgan fingerprint density at radius 3 is 1.92 bits per heavy atom. The van der Waals surface area contributed by atoms with Crippen LogP contribution in [0.5, 0.6) is 11.5 Å². The maximum Gasteiger partial charge on any atom is 0.513 e. The van der Waals surface area contributed by atoms with Crippen molar-refractivity contribution in [2.75, 3.05) is 19.8 Å². The van der Waals surface area contributed by atoms with E-state index in [1.807, 2.05) is 27.7 Å². The average molecular weight is 526 g/mol. The average Bonchev–Trinajstić information content (AvgIpc) is 2.85. The first-order valence-corrected chi connectivity index (χ1v) is 12.4. The zero-order valence-corrected chi connectivity index (χ0v) is 22.4. The zero-order valence-electron chi connectivity index (χ0n) is 22.4. The monoisotopic (exact) mass is 525 g/mol. The van der Waals surface area contributed by atoms with Gasteiger partial charge in [-0.1, -0.05) is 40.7 Å². The Balaban J connectivity index is 2.83. The summed E-state index contributed by atoms with van der Waals surface area (Å²) in [5, 5.41) is 0. The summed E-state index contributed by atoms with van der Waals surface area (Å²) in [6, 6.07) is 3.29. The highest BCUT2D eigenvalue weighted by Gasteiger charge is 2.23. The van der Waals surface area contributed by atoms with Crippen molar-refractivity contribution in [3.05, 3.63) is 23.8 Å². The van der Waals surface area contributed by atoms with E-state index in [1.54, 1.807) is 19.9 Å². The van der Waals surface area contributed by atoms with Gasteiger partial charge in [-0.05, 0) is 49.8 Å². The molecular formula is C26H39NO10. The maximum atomic E-state index is 12.5. The van der Waals surface area contributed by atoms with Gasteiger partial charge in [-0.15, -0.1) is 0 Å². The summed E-state index contributed by atoms with van der Waals surface area (Å²) in [7, 11) is 0. The van der Waals surface area contributed by atoms with Crippen molar-refractivity contribution in [3.63, 3.8) is 0 Å². The van der Waals surface area contributed by atoms with E-state index in [0.29, 0.717) is 18.4 Å². The van der Waals surface area contributed by atoms with Gasteiger partial charge in [0.25, 0.3) is 0 Å². The molecule has 1 aromatic carbocycles. The molecule has 1 unspecified atom stereocenters. The summed E-state index contributed by atoms with van der Waals surface area (Å²) < 4.78 is 30.6. The molecule has 0 fully saturated rings. The van der Waals surface area contributed by atoms with Crippen LogP contribution in [0.2, 0.25) is 0 Å². The Labute approximate surface area is 217 Å². The Kier molecular flexibility index (Phi) is 14.1. The minimum Gasteiger partial charge on any atom is -0.462 e. The number of carbonyl (C=O) groups is 4. The van der Waals surface area contributed by atoms with Crippen LogP contribution in [-0.4, -0.2) is 56.2 Å². The summed E-state index contributed by atoms with van der Waals surface area (Å²) in [5.74, 6) is -1.39. The molecule has 208 valence electrons. The van der Waals surface area contributed by atoms with E-state index >= 15 is 0 Å². The first-order valence-electron chi connectivity index (χ1n) is 12.4. The van der Waals surface area contributed by atoms with Gasteiger partial charge in [0.2, 0.25) is 0 Å². The number of hydrogen-bond donors (Lipinski definition) is 1. The summed E-state index contributed by atoms with van der Waals surface area (Å²) in [6.07, 6.45) is -1.42. The van der Waals surface area contributed by atoms with Crippen LogP contribution in [0.15, 0.2) is 18.2 Å². The topological polar surface area (TPSA) is 150 Å². The van der Waals surface area contributed by atoms with Crippen LogP contribution >= 0.6 is 0 Å². The molecule has 1 aromatic rings. The summed E-state index contributed by atoms with van der Waals surface area (Å²) in [6.45, 7) is 11.1. The van der Waals surface area contributed by atoms with E-state index in [1.165, 1.54) is 12.1 Å². The van der Waals surface area contributed by atoms with Gasteiger partial charge < -0.3 is 34.2 Å². The Morgan fingerprint density at radius 1 is 0.811 bits per heavy atom. The number of hydrogen-bond acceptors (Lipinski definition) is 11. The van der Waals surface area contributed by atoms with Gasteiger partial charge in [0, 0.05) is 0 Å². The van der Waals surface area contributed by atoms with E-state index in [2.05, 4.69) is 0 Å². The summed E-state index contributed by atoms with van der Waals surface area (Å²) in [5.41, 5.74) is 6.51. The highest BCUT2D eigenvalue weighted by atomic mass is 16.7. The van der Waals surface area contributed by atoms with Gasteiger partial charge in [-0.2, -0.15) is 0 Å². The number of benzene rings is 1. The second kappa shape index (κ2) is 16.4. The third-order valence-corrected chi connectivity index (χ3v) is 5.15. The molecular weight excluding hydrogens is 486 g/mol. The molecule has 3 atom stereocenters. The lowest BCUT2D eigenvalue weighted by Gasteiger charge is -2.19. The fraction of sp³-hybridized carbons (Fsp3) is 0.615. The van der Waals surface area contributed by atoms with E-state index in [4.69, 9.17) is 34.2 Å². The van der Waals surface area contributed by atoms with Crippen LogP contribution in [-0.2, 0) is 35.0 Å². The van der Waals surface area contributed by atoms with E-state index in [9.17, 15) is 19.2 Å². The van der Waals surface area contributed by atoms with Crippen molar-refractivity contribution >= 4 is 24.2 Å². The van der Waals surface area contributed by atoms with Crippen molar-refractivity contribution in [1.29, 1.82) is 0 Å². The lowest BCUT2D eigenvalue weighted by atomic mass is 9.99. The number of esters is 2. The van der Waals surface area contributed by atoms with Crippen molar-refractivity contribution < 1.29 is 47.6 Å². The number of nitrogens with two attached hydrogens (primary N) is 1. The van der Waals surface area contributed by atoms with Gasteiger partial charge in [0.15, 0.2) is 11.5 Å². The Bertz CT molecular complexity index is 901. The number of carbonyl (C=O) groups excluding carboxylic acids is 4. The molecule has 0 aliphatic rings. The number of rotatable bonds is 14. The smallest absolute Gasteiger partial charge is 0.462 e. The van der Waals surface area contributed by atoms with Crippen LogP contribution in [0.3, 0.4) is 0 Å². The zero-order chi connectivity index (χ0) is 28.0. The van der Waals surface area contributed by atoms with Crippen molar-refractivity contribution in [1.82, 2.24) is 0 Å². The van der Waals surface area contributed by atoms with E-state index < -0.39 is 30.4 Å². The first-order chi connectivity index (χ1) is 17.5. The SMILES string of the molecule is CCCOC(=O)Oc1ccc(C[C@H](N)C(=O)O[C@@H](C)COC(=O)C(C)C(C)C)cc1OC(=O)OCCC. The largest absolute Gasteiger partial charge is 0.513 e.